The highest BCUT2D eigenvalue weighted by atomic mass is 32.2. The zero-order valence-electron chi connectivity index (χ0n) is 14.1. The monoisotopic (exact) mass is 367 g/mol. The van der Waals surface area contributed by atoms with E-state index in [0.29, 0.717) is 5.56 Å². The Hall–Kier alpha value is -1.70. The quantitative estimate of drug-likeness (QED) is 0.796. The number of carbonyl (C=O) groups excluding carboxylic acids is 1. The lowest BCUT2D eigenvalue weighted by Gasteiger charge is -2.21. The first-order valence-corrected chi connectivity index (χ1v) is 9.92. The van der Waals surface area contributed by atoms with Crippen LogP contribution in [-0.2, 0) is 19.6 Å². The highest BCUT2D eigenvalue weighted by Gasteiger charge is 2.31. The summed E-state index contributed by atoms with van der Waals surface area (Å²) in [5.74, 6) is -0.604. The van der Waals surface area contributed by atoms with Crippen molar-refractivity contribution in [3.63, 3.8) is 0 Å². The van der Waals surface area contributed by atoms with Gasteiger partial charge in [-0.3, -0.25) is 0 Å². The van der Waals surface area contributed by atoms with Gasteiger partial charge in [0.2, 0.25) is 0 Å². The van der Waals surface area contributed by atoms with Crippen LogP contribution in [0.3, 0.4) is 0 Å². The van der Waals surface area contributed by atoms with E-state index in [2.05, 4.69) is 4.72 Å². The number of aryl methyl sites for hydroxylation is 3. The number of esters is 1. The smallest absolute Gasteiger partial charge is 0.328 e. The number of hydrogen-bond donors (Lipinski definition) is 1. The van der Waals surface area contributed by atoms with Gasteiger partial charge in [-0.2, -0.15) is 4.72 Å². The summed E-state index contributed by atoms with van der Waals surface area (Å²) in [6, 6.07) is 5.94. The Kier molecular flexibility index (Phi) is 5.79. The standard InChI is InChI=1S/C17H21NO4S2/c1-5-22-17(19)16(15-12(3)9-11(2)10-13(15)4)18-24(20,21)14-7-6-8-23-14/h6-10,16,18H,5H2,1-4H3. The molecule has 1 N–H and O–H groups in total. The Morgan fingerprint density at radius 3 is 2.38 bits per heavy atom. The Bertz CT molecular complexity index is 803. The zero-order chi connectivity index (χ0) is 17.9. The summed E-state index contributed by atoms with van der Waals surface area (Å²) in [7, 11) is -3.80. The number of carbonyl (C=O) groups is 1. The highest BCUT2D eigenvalue weighted by molar-refractivity contribution is 7.91. The number of thiophene rings is 1. The van der Waals surface area contributed by atoms with Gasteiger partial charge in [-0.25, -0.2) is 13.2 Å². The molecule has 0 aliphatic carbocycles. The number of sulfonamides is 1. The second kappa shape index (κ2) is 7.46. The largest absolute Gasteiger partial charge is 0.465 e. The minimum Gasteiger partial charge on any atom is -0.465 e. The summed E-state index contributed by atoms with van der Waals surface area (Å²) in [5.41, 5.74) is 3.38. The lowest BCUT2D eigenvalue weighted by atomic mass is 9.94. The maximum absolute atomic E-state index is 12.6. The lowest BCUT2D eigenvalue weighted by molar-refractivity contribution is -0.145. The molecule has 0 aliphatic rings. The molecule has 2 aromatic rings. The molecular weight excluding hydrogens is 346 g/mol. The fourth-order valence-electron chi connectivity index (χ4n) is 2.73. The van der Waals surface area contributed by atoms with E-state index in [0.717, 1.165) is 28.0 Å². The van der Waals surface area contributed by atoms with E-state index < -0.39 is 22.0 Å². The van der Waals surface area contributed by atoms with Gasteiger partial charge in [-0.15, -0.1) is 11.3 Å². The van der Waals surface area contributed by atoms with Gasteiger partial charge < -0.3 is 4.74 Å². The highest BCUT2D eigenvalue weighted by Crippen LogP contribution is 2.27. The van der Waals surface area contributed by atoms with Crippen LogP contribution in [0, 0.1) is 20.8 Å². The van der Waals surface area contributed by atoms with Gasteiger partial charge in [-0.05, 0) is 55.8 Å². The molecular formula is C17H21NO4S2. The molecule has 0 fully saturated rings. The normalized spacial score (nSPS) is 12.8. The number of nitrogens with one attached hydrogen (secondary N) is 1. The molecule has 0 aliphatic heterocycles. The van der Waals surface area contributed by atoms with E-state index in [1.54, 1.807) is 18.4 Å². The van der Waals surface area contributed by atoms with Gasteiger partial charge in [0.15, 0.2) is 0 Å². The Labute approximate surface area is 146 Å². The third-order valence-corrected chi connectivity index (χ3v) is 6.40. The number of hydrogen-bond acceptors (Lipinski definition) is 5. The molecule has 1 aromatic heterocycles. The van der Waals surface area contributed by atoms with Crippen LogP contribution in [0.25, 0.3) is 0 Å². The van der Waals surface area contributed by atoms with E-state index in [4.69, 9.17) is 4.74 Å². The van der Waals surface area contributed by atoms with Crippen LogP contribution in [0.1, 0.15) is 35.2 Å². The van der Waals surface area contributed by atoms with Gasteiger partial charge in [0.25, 0.3) is 10.0 Å². The van der Waals surface area contributed by atoms with Crippen LogP contribution in [-0.4, -0.2) is 21.0 Å². The Morgan fingerprint density at radius 2 is 1.88 bits per heavy atom. The topological polar surface area (TPSA) is 72.5 Å². The summed E-state index contributed by atoms with van der Waals surface area (Å²) in [5, 5.41) is 1.68. The Balaban J connectivity index is 2.49. The molecule has 130 valence electrons. The van der Waals surface area contributed by atoms with Crippen molar-refractivity contribution in [1.82, 2.24) is 4.72 Å². The van der Waals surface area contributed by atoms with Crippen molar-refractivity contribution in [3.05, 3.63) is 51.9 Å². The zero-order valence-corrected chi connectivity index (χ0v) is 15.8. The maximum Gasteiger partial charge on any atom is 0.328 e. The lowest BCUT2D eigenvalue weighted by Crippen LogP contribution is -2.35. The predicted octanol–water partition coefficient (Wildman–Crippen LogP) is 3.26. The molecule has 1 heterocycles. The SMILES string of the molecule is CCOC(=O)C(NS(=O)(=O)c1cccs1)c1c(C)cc(C)cc1C. The molecule has 0 saturated carbocycles. The molecule has 0 amide bonds. The van der Waals surface area contributed by atoms with E-state index in [9.17, 15) is 13.2 Å². The van der Waals surface area contributed by atoms with Gasteiger partial charge in [0, 0.05) is 0 Å². The van der Waals surface area contributed by atoms with Crippen molar-refractivity contribution in [1.29, 1.82) is 0 Å². The molecule has 1 aromatic carbocycles. The van der Waals surface area contributed by atoms with E-state index in [-0.39, 0.29) is 10.8 Å². The van der Waals surface area contributed by atoms with Gasteiger partial charge >= 0.3 is 5.97 Å². The van der Waals surface area contributed by atoms with Crippen LogP contribution in [0.15, 0.2) is 33.9 Å². The van der Waals surface area contributed by atoms with Gasteiger partial charge in [0.05, 0.1) is 6.61 Å². The molecule has 5 nitrogen and oxygen atoms in total. The summed E-state index contributed by atoms with van der Waals surface area (Å²) >= 11 is 1.10. The average molecular weight is 367 g/mol. The molecule has 0 spiro atoms. The van der Waals surface area contributed by atoms with Crippen molar-refractivity contribution in [3.8, 4) is 0 Å². The maximum atomic E-state index is 12.6. The molecule has 24 heavy (non-hydrogen) atoms. The van der Waals surface area contributed by atoms with Crippen molar-refractivity contribution in [2.45, 2.75) is 37.9 Å². The minimum absolute atomic E-state index is 0.166. The molecule has 0 radical (unpaired) electrons. The molecule has 0 saturated heterocycles. The van der Waals surface area contributed by atoms with Crippen LogP contribution < -0.4 is 4.72 Å². The number of benzene rings is 1. The molecule has 1 atom stereocenters. The summed E-state index contributed by atoms with van der Waals surface area (Å²) < 4.78 is 32.9. The third kappa shape index (κ3) is 4.03. The van der Waals surface area contributed by atoms with Gasteiger partial charge in [0.1, 0.15) is 10.3 Å². The number of ether oxygens (including phenoxy) is 1. The Morgan fingerprint density at radius 1 is 1.25 bits per heavy atom. The van der Waals surface area contributed by atoms with Crippen LogP contribution in [0.2, 0.25) is 0 Å². The molecule has 2 rings (SSSR count). The minimum atomic E-state index is -3.80. The summed E-state index contributed by atoms with van der Waals surface area (Å²) in [6.45, 7) is 7.55. The van der Waals surface area contributed by atoms with Crippen LogP contribution >= 0.6 is 11.3 Å². The second-order valence-electron chi connectivity index (χ2n) is 5.55. The van der Waals surface area contributed by atoms with Crippen LogP contribution in [0.4, 0.5) is 0 Å². The van der Waals surface area contributed by atoms with Crippen LogP contribution in [0.5, 0.6) is 0 Å². The van der Waals surface area contributed by atoms with Crippen molar-refractivity contribution in [2.75, 3.05) is 6.61 Å². The average Bonchev–Trinajstić information content (AvgIpc) is 3.00. The summed E-state index contributed by atoms with van der Waals surface area (Å²) in [6.07, 6.45) is 0. The molecule has 0 bridgehead atoms. The third-order valence-electron chi connectivity index (χ3n) is 3.58. The van der Waals surface area contributed by atoms with E-state index in [1.165, 1.54) is 6.07 Å². The number of rotatable bonds is 6. The van der Waals surface area contributed by atoms with E-state index >= 15 is 0 Å². The van der Waals surface area contributed by atoms with Gasteiger partial charge in [-0.1, -0.05) is 23.8 Å². The second-order valence-corrected chi connectivity index (χ2v) is 8.44. The van der Waals surface area contributed by atoms with E-state index in [1.807, 2.05) is 32.9 Å². The first-order chi connectivity index (χ1) is 11.3. The van der Waals surface area contributed by atoms with Crippen molar-refractivity contribution >= 4 is 27.3 Å². The predicted molar refractivity (Wildman–Crippen MR) is 94.7 cm³/mol. The van der Waals surface area contributed by atoms with Crippen molar-refractivity contribution < 1.29 is 17.9 Å². The fourth-order valence-corrected chi connectivity index (χ4v) is 4.89. The summed E-state index contributed by atoms with van der Waals surface area (Å²) in [4.78, 5) is 12.4. The first-order valence-electron chi connectivity index (χ1n) is 7.56. The molecule has 7 heteroatoms. The first kappa shape index (κ1) is 18.6. The molecule has 1 unspecified atom stereocenters. The van der Waals surface area contributed by atoms with Crippen molar-refractivity contribution in [2.24, 2.45) is 0 Å². The fraction of sp³-hybridized carbons (Fsp3) is 0.353.